The Balaban J connectivity index is 1.84. The number of imide groups is 1. The van der Waals surface area contributed by atoms with Crippen LogP contribution in [-0.2, 0) is 16.1 Å². The largest absolute Gasteiger partial charge is 0.455 e. The highest BCUT2D eigenvalue weighted by atomic mass is 35.5. The summed E-state index contributed by atoms with van der Waals surface area (Å²) in [6.07, 6.45) is 1.85. The third kappa shape index (κ3) is 7.55. The molecule has 1 aromatic heterocycles. The molecule has 10 heteroatoms. The molecule has 9 nitrogen and oxygen atoms in total. The predicted molar refractivity (Wildman–Crippen MR) is 142 cm³/mol. The second kappa shape index (κ2) is 12.5. The smallest absolute Gasteiger partial charge is 0.256 e. The lowest BCUT2D eigenvalue weighted by Gasteiger charge is -2.24. The first-order valence-corrected chi connectivity index (χ1v) is 11.8. The van der Waals surface area contributed by atoms with Gasteiger partial charge in [-0.15, -0.1) is 0 Å². The molecule has 0 saturated carbocycles. The molecule has 3 amide bonds. The van der Waals surface area contributed by atoms with Gasteiger partial charge in [0, 0.05) is 36.8 Å². The molecule has 3 N–H and O–H groups in total. The summed E-state index contributed by atoms with van der Waals surface area (Å²) in [7, 11) is 1.81. The topological polar surface area (TPSA) is 118 Å². The van der Waals surface area contributed by atoms with Gasteiger partial charge >= 0.3 is 0 Å². The van der Waals surface area contributed by atoms with Gasteiger partial charge in [0.1, 0.15) is 23.1 Å². The van der Waals surface area contributed by atoms with Gasteiger partial charge in [-0.3, -0.25) is 19.3 Å². The maximum Gasteiger partial charge on any atom is 0.256 e. The number of hydrogen-bond acceptors (Lipinski definition) is 7. The lowest BCUT2D eigenvalue weighted by Crippen LogP contribution is -2.31. The first-order valence-electron chi connectivity index (χ1n) is 11.5. The van der Waals surface area contributed by atoms with Gasteiger partial charge in [-0.05, 0) is 61.9 Å². The Hall–Kier alpha value is -4.37. The van der Waals surface area contributed by atoms with E-state index in [0.717, 1.165) is 10.5 Å². The van der Waals surface area contributed by atoms with Crippen LogP contribution in [0.3, 0.4) is 0 Å². The summed E-state index contributed by atoms with van der Waals surface area (Å²) in [5, 5.41) is 3.80. The standard InChI is InChI=1S/C27H28ClN5O4/c1-4-33(17-34)26(35)15-25(32(3)16-19-8-10-21(28)11-9-19)31-24-13-12-23(18(2)30-24)37-22-7-5-6-20(14-22)27(29)36/h5-15,17H,4,16H2,1-3H3,(H2,29,36)(H,30,31)/b25-15-. The average molecular weight is 522 g/mol. The van der Waals surface area contributed by atoms with E-state index in [0.29, 0.717) is 52.4 Å². The number of hydrogen-bond donors (Lipinski definition) is 2. The quantitative estimate of drug-likeness (QED) is 0.285. The molecule has 1 heterocycles. The van der Waals surface area contributed by atoms with E-state index in [4.69, 9.17) is 22.1 Å². The van der Waals surface area contributed by atoms with Crippen LogP contribution < -0.4 is 15.8 Å². The monoisotopic (exact) mass is 521 g/mol. The Morgan fingerprint density at radius 1 is 1.14 bits per heavy atom. The fourth-order valence-electron chi connectivity index (χ4n) is 3.37. The lowest BCUT2D eigenvalue weighted by molar-refractivity contribution is -0.134. The van der Waals surface area contributed by atoms with Crippen LogP contribution in [0.5, 0.6) is 11.5 Å². The van der Waals surface area contributed by atoms with Crippen molar-refractivity contribution in [1.29, 1.82) is 0 Å². The first-order chi connectivity index (χ1) is 17.7. The fraction of sp³-hybridized carbons (Fsp3) is 0.185. The summed E-state index contributed by atoms with van der Waals surface area (Å²) < 4.78 is 5.89. The zero-order chi connectivity index (χ0) is 26.9. The number of primary amides is 1. The number of carbonyl (C=O) groups excluding carboxylic acids is 3. The van der Waals surface area contributed by atoms with Crippen LogP contribution in [0.2, 0.25) is 5.02 Å². The molecule has 3 aromatic rings. The molecular formula is C27H28ClN5O4. The van der Waals surface area contributed by atoms with Gasteiger partial charge in [0.05, 0.1) is 5.69 Å². The van der Waals surface area contributed by atoms with Crippen molar-refractivity contribution in [1.82, 2.24) is 14.8 Å². The van der Waals surface area contributed by atoms with Gasteiger partial charge in [-0.2, -0.15) is 0 Å². The van der Waals surface area contributed by atoms with Crippen molar-refractivity contribution in [2.24, 2.45) is 5.73 Å². The predicted octanol–water partition coefficient (Wildman–Crippen LogP) is 4.32. The number of aromatic nitrogens is 1. The van der Waals surface area contributed by atoms with E-state index in [-0.39, 0.29) is 6.54 Å². The number of nitrogens with zero attached hydrogens (tertiary/aromatic N) is 3. The van der Waals surface area contributed by atoms with Crippen LogP contribution in [0.4, 0.5) is 5.82 Å². The number of nitrogens with two attached hydrogens (primary N) is 1. The zero-order valence-electron chi connectivity index (χ0n) is 20.8. The number of nitrogens with one attached hydrogen (secondary N) is 1. The van der Waals surface area contributed by atoms with E-state index in [9.17, 15) is 14.4 Å². The molecule has 0 aliphatic carbocycles. The van der Waals surface area contributed by atoms with Gasteiger partial charge in [-0.25, -0.2) is 4.98 Å². The fourth-order valence-corrected chi connectivity index (χ4v) is 3.50. The van der Waals surface area contributed by atoms with Gasteiger partial charge in [0.2, 0.25) is 12.3 Å². The molecule has 192 valence electrons. The van der Waals surface area contributed by atoms with Gasteiger partial charge in [0.25, 0.3) is 5.91 Å². The maximum atomic E-state index is 12.7. The van der Waals surface area contributed by atoms with E-state index in [1.54, 1.807) is 62.4 Å². The van der Waals surface area contributed by atoms with Crippen LogP contribution in [0.25, 0.3) is 0 Å². The lowest BCUT2D eigenvalue weighted by atomic mass is 10.2. The van der Waals surface area contributed by atoms with E-state index in [1.165, 1.54) is 6.08 Å². The number of aryl methyl sites for hydroxylation is 1. The number of benzene rings is 2. The zero-order valence-corrected chi connectivity index (χ0v) is 21.5. The van der Waals surface area contributed by atoms with E-state index < -0.39 is 11.8 Å². The highest BCUT2D eigenvalue weighted by Crippen LogP contribution is 2.26. The molecule has 0 bridgehead atoms. The van der Waals surface area contributed by atoms with Crippen molar-refractivity contribution >= 4 is 35.6 Å². The summed E-state index contributed by atoms with van der Waals surface area (Å²) in [5.74, 6) is 0.828. The molecule has 2 aromatic carbocycles. The number of carbonyl (C=O) groups is 3. The van der Waals surface area contributed by atoms with Crippen molar-refractivity contribution in [3.05, 3.63) is 94.4 Å². The second-order valence-corrected chi connectivity index (χ2v) is 8.58. The van der Waals surface area contributed by atoms with Crippen LogP contribution in [0.15, 0.2) is 72.6 Å². The molecule has 0 fully saturated rings. The summed E-state index contributed by atoms with van der Waals surface area (Å²) >= 11 is 5.99. The average Bonchev–Trinajstić information content (AvgIpc) is 2.87. The summed E-state index contributed by atoms with van der Waals surface area (Å²) in [5.41, 5.74) is 7.23. The second-order valence-electron chi connectivity index (χ2n) is 8.14. The molecule has 3 rings (SSSR count). The van der Waals surface area contributed by atoms with E-state index in [1.807, 2.05) is 24.1 Å². The maximum absolute atomic E-state index is 12.7. The van der Waals surface area contributed by atoms with Crippen LogP contribution >= 0.6 is 11.6 Å². The van der Waals surface area contributed by atoms with Crippen LogP contribution in [0.1, 0.15) is 28.5 Å². The highest BCUT2D eigenvalue weighted by molar-refractivity contribution is 6.30. The summed E-state index contributed by atoms with van der Waals surface area (Å²) in [4.78, 5) is 42.8. The Bertz CT molecular complexity index is 1310. The molecule has 0 saturated heterocycles. The summed E-state index contributed by atoms with van der Waals surface area (Å²) in [6.45, 7) is 4.20. The molecule has 0 aliphatic heterocycles. The van der Waals surface area contributed by atoms with Crippen LogP contribution in [0, 0.1) is 6.92 Å². The van der Waals surface area contributed by atoms with Gasteiger partial charge in [-0.1, -0.05) is 29.8 Å². The SMILES string of the molecule is CCN(C=O)C(=O)/C=C(/Nc1ccc(Oc2cccc(C(N)=O)c2)c(C)n1)N(C)Cc1ccc(Cl)cc1. The Kier molecular flexibility index (Phi) is 9.23. The third-order valence-corrected chi connectivity index (χ3v) is 5.65. The Morgan fingerprint density at radius 2 is 1.86 bits per heavy atom. The highest BCUT2D eigenvalue weighted by Gasteiger charge is 2.15. The Labute approximate surface area is 220 Å². The molecular weight excluding hydrogens is 494 g/mol. The van der Waals surface area contributed by atoms with Crippen molar-refractivity contribution in [2.45, 2.75) is 20.4 Å². The van der Waals surface area contributed by atoms with Crippen LogP contribution in [-0.4, -0.2) is 46.6 Å². The minimum absolute atomic E-state index is 0.243. The minimum atomic E-state index is -0.548. The Morgan fingerprint density at radius 3 is 2.49 bits per heavy atom. The van der Waals surface area contributed by atoms with Crippen molar-refractivity contribution in [2.75, 3.05) is 18.9 Å². The number of ether oxygens (including phenoxy) is 1. The van der Waals surface area contributed by atoms with Gasteiger partial charge in [0.15, 0.2) is 0 Å². The molecule has 37 heavy (non-hydrogen) atoms. The van der Waals surface area contributed by atoms with E-state index in [2.05, 4.69) is 10.3 Å². The summed E-state index contributed by atoms with van der Waals surface area (Å²) in [6, 6.07) is 17.3. The van der Waals surface area contributed by atoms with Crippen molar-refractivity contribution in [3.63, 3.8) is 0 Å². The number of halogens is 1. The number of pyridine rings is 1. The number of anilines is 1. The van der Waals surface area contributed by atoms with E-state index >= 15 is 0 Å². The molecule has 0 radical (unpaired) electrons. The number of rotatable bonds is 11. The normalized spacial score (nSPS) is 11.0. The van der Waals surface area contributed by atoms with Gasteiger partial charge < -0.3 is 20.7 Å². The third-order valence-electron chi connectivity index (χ3n) is 5.40. The van der Waals surface area contributed by atoms with Crippen molar-refractivity contribution < 1.29 is 19.1 Å². The molecule has 0 aliphatic rings. The minimum Gasteiger partial charge on any atom is -0.455 e. The molecule has 0 unspecified atom stereocenters. The first kappa shape index (κ1) is 27.2. The number of amides is 3. The van der Waals surface area contributed by atoms with Crippen molar-refractivity contribution in [3.8, 4) is 11.5 Å². The number of likely N-dealkylation sites (N-methyl/N-ethyl adjacent to an activating group) is 1. The molecule has 0 spiro atoms. The molecule has 0 atom stereocenters.